The zero-order chi connectivity index (χ0) is 20.5. The van der Waals surface area contributed by atoms with Gasteiger partial charge in [-0.15, -0.1) is 0 Å². The highest BCUT2D eigenvalue weighted by Crippen LogP contribution is 2.33. The Bertz CT molecular complexity index is 1050. The van der Waals surface area contributed by atoms with Gasteiger partial charge in [-0.05, 0) is 75.7 Å². The zero-order valence-electron chi connectivity index (χ0n) is 15.3. The third kappa shape index (κ3) is 4.18. The standard InChI is InChI=1S/C21H17IN2O4S/c22-16-9-13(5-6-17(16)25)10-18-20(27)24(21(28)29-18)12-19(26)23-8-7-14-3-1-2-4-15(14)11-23/h1-6,9-10,25H,7-8,11-12H2/b18-10-. The van der Waals surface area contributed by atoms with Gasteiger partial charge in [-0.1, -0.05) is 30.3 Å². The number of nitrogens with zero attached hydrogens (tertiary/aromatic N) is 2. The molecule has 0 aromatic heterocycles. The Morgan fingerprint density at radius 3 is 2.69 bits per heavy atom. The molecule has 2 aliphatic rings. The number of imide groups is 1. The smallest absolute Gasteiger partial charge is 0.294 e. The molecular formula is C21H17IN2O4S. The van der Waals surface area contributed by atoms with Crippen LogP contribution in [0.1, 0.15) is 16.7 Å². The van der Waals surface area contributed by atoms with Crippen molar-refractivity contribution < 1.29 is 19.5 Å². The summed E-state index contributed by atoms with van der Waals surface area (Å²) in [6.07, 6.45) is 2.37. The lowest BCUT2D eigenvalue weighted by Crippen LogP contribution is -2.44. The Hall–Kier alpha value is -2.33. The van der Waals surface area contributed by atoms with E-state index in [1.54, 1.807) is 23.1 Å². The molecule has 2 heterocycles. The van der Waals surface area contributed by atoms with E-state index < -0.39 is 11.1 Å². The highest BCUT2D eigenvalue weighted by molar-refractivity contribution is 14.1. The molecule has 3 amide bonds. The summed E-state index contributed by atoms with van der Waals surface area (Å²) < 4.78 is 0.649. The van der Waals surface area contributed by atoms with Gasteiger partial charge in [-0.25, -0.2) is 0 Å². The second-order valence-electron chi connectivity index (χ2n) is 6.81. The molecule has 148 valence electrons. The van der Waals surface area contributed by atoms with Crippen LogP contribution in [0.15, 0.2) is 47.4 Å². The number of benzene rings is 2. The number of fused-ring (bicyclic) bond motifs is 1. The minimum absolute atomic E-state index is 0.157. The molecule has 0 spiro atoms. The van der Waals surface area contributed by atoms with Gasteiger partial charge in [0.05, 0.1) is 8.48 Å². The van der Waals surface area contributed by atoms with E-state index >= 15 is 0 Å². The number of carbonyl (C=O) groups is 3. The summed E-state index contributed by atoms with van der Waals surface area (Å²) in [4.78, 5) is 40.7. The molecule has 0 bridgehead atoms. The Morgan fingerprint density at radius 2 is 1.93 bits per heavy atom. The molecule has 0 radical (unpaired) electrons. The van der Waals surface area contributed by atoms with Gasteiger partial charge in [0.25, 0.3) is 11.1 Å². The summed E-state index contributed by atoms with van der Waals surface area (Å²) in [5.74, 6) is -0.541. The van der Waals surface area contributed by atoms with Gasteiger partial charge in [0.1, 0.15) is 12.3 Å². The van der Waals surface area contributed by atoms with Crippen LogP contribution in [0.5, 0.6) is 5.75 Å². The van der Waals surface area contributed by atoms with Crippen LogP contribution in [0.4, 0.5) is 4.79 Å². The Kier molecular flexibility index (Phi) is 5.64. The fraction of sp³-hybridized carbons (Fsp3) is 0.190. The number of thioether (sulfide) groups is 1. The summed E-state index contributed by atoms with van der Waals surface area (Å²) in [5, 5.41) is 9.18. The molecule has 0 atom stereocenters. The van der Waals surface area contributed by atoms with E-state index in [2.05, 4.69) is 6.07 Å². The molecule has 2 aliphatic heterocycles. The monoisotopic (exact) mass is 520 g/mol. The van der Waals surface area contributed by atoms with E-state index in [-0.39, 0.29) is 23.1 Å². The maximum Gasteiger partial charge on any atom is 0.294 e. The third-order valence-corrected chi connectivity index (χ3v) is 6.69. The van der Waals surface area contributed by atoms with E-state index in [1.807, 2.05) is 40.8 Å². The lowest BCUT2D eigenvalue weighted by atomic mass is 10.00. The zero-order valence-corrected chi connectivity index (χ0v) is 18.3. The third-order valence-electron chi connectivity index (χ3n) is 4.92. The fourth-order valence-electron chi connectivity index (χ4n) is 3.34. The first-order valence-corrected chi connectivity index (χ1v) is 10.9. The largest absolute Gasteiger partial charge is 0.507 e. The number of amides is 3. The second-order valence-corrected chi connectivity index (χ2v) is 8.97. The predicted octanol–water partition coefficient (Wildman–Crippen LogP) is 3.62. The van der Waals surface area contributed by atoms with Crippen molar-refractivity contribution in [1.82, 2.24) is 9.80 Å². The summed E-state index contributed by atoms with van der Waals surface area (Å²) >= 11 is 2.82. The number of carbonyl (C=O) groups excluding carboxylic acids is 3. The van der Waals surface area contributed by atoms with Crippen LogP contribution in [-0.4, -0.2) is 45.0 Å². The van der Waals surface area contributed by atoms with Crippen LogP contribution in [0, 0.1) is 3.57 Å². The molecule has 1 fully saturated rings. The van der Waals surface area contributed by atoms with Gasteiger partial charge < -0.3 is 10.0 Å². The van der Waals surface area contributed by atoms with Crippen LogP contribution in [0.25, 0.3) is 6.08 Å². The van der Waals surface area contributed by atoms with Crippen molar-refractivity contribution in [2.24, 2.45) is 0 Å². The summed E-state index contributed by atoms with van der Waals surface area (Å²) in [6, 6.07) is 12.9. The molecule has 0 saturated carbocycles. The van der Waals surface area contributed by atoms with E-state index in [4.69, 9.17) is 0 Å². The molecule has 2 aromatic rings. The molecule has 6 nitrogen and oxygen atoms in total. The molecule has 29 heavy (non-hydrogen) atoms. The maximum absolute atomic E-state index is 12.7. The maximum atomic E-state index is 12.7. The quantitative estimate of drug-likeness (QED) is 0.495. The topological polar surface area (TPSA) is 77.9 Å². The van der Waals surface area contributed by atoms with E-state index in [1.165, 1.54) is 11.6 Å². The van der Waals surface area contributed by atoms with Crippen molar-refractivity contribution >= 4 is 57.5 Å². The van der Waals surface area contributed by atoms with Crippen molar-refractivity contribution in [2.45, 2.75) is 13.0 Å². The Balaban J connectivity index is 1.46. The molecule has 4 rings (SSSR count). The fourth-order valence-corrected chi connectivity index (χ4v) is 4.72. The number of hydrogen-bond donors (Lipinski definition) is 1. The van der Waals surface area contributed by atoms with Crippen molar-refractivity contribution in [3.8, 4) is 5.75 Å². The summed E-state index contributed by atoms with van der Waals surface area (Å²) in [5.41, 5.74) is 3.04. The van der Waals surface area contributed by atoms with Gasteiger partial charge in [-0.2, -0.15) is 0 Å². The SMILES string of the molecule is O=C(CN1C(=O)S/C(=C\c2ccc(O)c(I)c2)C1=O)N1CCc2ccccc2C1. The summed E-state index contributed by atoms with van der Waals surface area (Å²) in [6.45, 7) is 0.818. The first-order valence-electron chi connectivity index (χ1n) is 9.01. The first-order chi connectivity index (χ1) is 13.9. The lowest BCUT2D eigenvalue weighted by Gasteiger charge is -2.29. The lowest BCUT2D eigenvalue weighted by molar-refractivity contribution is -0.136. The molecule has 1 N–H and O–H groups in total. The number of hydrogen-bond acceptors (Lipinski definition) is 5. The normalized spacial score (nSPS) is 17.8. The number of phenols is 1. The van der Waals surface area contributed by atoms with Gasteiger partial charge in [0.15, 0.2) is 0 Å². The minimum atomic E-state index is -0.464. The number of rotatable bonds is 3. The van der Waals surface area contributed by atoms with Crippen LogP contribution >= 0.6 is 34.4 Å². The number of halogens is 1. The minimum Gasteiger partial charge on any atom is -0.507 e. The molecule has 8 heteroatoms. The molecule has 2 aromatic carbocycles. The molecular weight excluding hydrogens is 503 g/mol. The second kappa shape index (κ2) is 8.19. The van der Waals surface area contributed by atoms with Crippen LogP contribution in [0.3, 0.4) is 0 Å². The molecule has 0 unspecified atom stereocenters. The highest BCUT2D eigenvalue weighted by atomic mass is 127. The average Bonchev–Trinajstić information content (AvgIpc) is 2.97. The van der Waals surface area contributed by atoms with Crippen molar-refractivity contribution in [3.05, 3.63) is 67.6 Å². The Morgan fingerprint density at radius 1 is 1.17 bits per heavy atom. The number of aromatic hydroxyl groups is 1. The van der Waals surface area contributed by atoms with E-state index in [0.717, 1.165) is 28.6 Å². The first kappa shape index (κ1) is 20.0. The average molecular weight is 520 g/mol. The van der Waals surface area contributed by atoms with Gasteiger partial charge in [0.2, 0.25) is 5.91 Å². The highest BCUT2D eigenvalue weighted by Gasteiger charge is 2.37. The summed E-state index contributed by atoms with van der Waals surface area (Å²) in [7, 11) is 0. The van der Waals surface area contributed by atoms with Crippen LogP contribution < -0.4 is 0 Å². The molecule has 1 saturated heterocycles. The molecule has 0 aliphatic carbocycles. The van der Waals surface area contributed by atoms with Crippen LogP contribution in [-0.2, 0) is 22.6 Å². The van der Waals surface area contributed by atoms with E-state index in [0.29, 0.717) is 22.2 Å². The van der Waals surface area contributed by atoms with Crippen molar-refractivity contribution in [3.63, 3.8) is 0 Å². The van der Waals surface area contributed by atoms with Crippen molar-refractivity contribution in [2.75, 3.05) is 13.1 Å². The van der Waals surface area contributed by atoms with Gasteiger partial charge in [-0.3, -0.25) is 19.3 Å². The van der Waals surface area contributed by atoms with Gasteiger partial charge >= 0.3 is 0 Å². The Labute approximate surface area is 185 Å². The number of phenolic OH excluding ortho intramolecular Hbond substituents is 1. The van der Waals surface area contributed by atoms with E-state index in [9.17, 15) is 19.5 Å². The van der Waals surface area contributed by atoms with Crippen LogP contribution in [0.2, 0.25) is 0 Å². The van der Waals surface area contributed by atoms with Gasteiger partial charge in [0, 0.05) is 13.1 Å². The predicted molar refractivity (Wildman–Crippen MR) is 119 cm³/mol. The van der Waals surface area contributed by atoms with Crippen molar-refractivity contribution in [1.29, 1.82) is 0 Å².